The maximum atomic E-state index is 12.1. The second-order valence-corrected chi connectivity index (χ2v) is 5.81. The lowest BCUT2D eigenvalue weighted by Gasteiger charge is -2.20. The largest absolute Gasteiger partial charge is 0.496 e. The first-order valence-corrected chi connectivity index (χ1v) is 7.57. The molecule has 1 aromatic carbocycles. The number of benzene rings is 1. The fraction of sp³-hybridized carbons (Fsp3) is 0.533. The summed E-state index contributed by atoms with van der Waals surface area (Å²) in [6.07, 6.45) is 1.01. The summed E-state index contributed by atoms with van der Waals surface area (Å²) in [6, 6.07) is 6.15. The first-order valence-electron chi connectivity index (χ1n) is 6.77. The van der Waals surface area contributed by atoms with E-state index in [0.717, 1.165) is 22.2 Å². The maximum absolute atomic E-state index is 12.1. The summed E-state index contributed by atoms with van der Waals surface area (Å²) in [7, 11) is 3.44. The van der Waals surface area contributed by atoms with Crippen molar-refractivity contribution in [1.82, 2.24) is 10.2 Å². The van der Waals surface area contributed by atoms with E-state index in [9.17, 15) is 4.79 Å². The van der Waals surface area contributed by atoms with Crippen LogP contribution in [0.25, 0.3) is 0 Å². The van der Waals surface area contributed by atoms with Crippen molar-refractivity contribution in [1.29, 1.82) is 0 Å². The van der Waals surface area contributed by atoms with Crippen molar-refractivity contribution in [3.05, 3.63) is 28.2 Å². The summed E-state index contributed by atoms with van der Waals surface area (Å²) in [5.74, 6) is 0.870. The predicted octanol–water partition coefficient (Wildman–Crippen LogP) is 2.80. The zero-order valence-electron chi connectivity index (χ0n) is 12.6. The third-order valence-electron chi connectivity index (χ3n) is 3.29. The number of likely N-dealkylation sites (N-methyl/N-ethyl adjacent to an activating group) is 1. The minimum Gasteiger partial charge on any atom is -0.496 e. The number of methoxy groups -OCH3 is 1. The number of rotatable bonds is 7. The van der Waals surface area contributed by atoms with Gasteiger partial charge in [-0.3, -0.25) is 4.79 Å². The Morgan fingerprint density at radius 1 is 1.50 bits per heavy atom. The van der Waals surface area contributed by atoms with E-state index in [4.69, 9.17) is 4.74 Å². The van der Waals surface area contributed by atoms with Crippen LogP contribution in [0.5, 0.6) is 5.75 Å². The van der Waals surface area contributed by atoms with Crippen LogP contribution in [0.4, 0.5) is 0 Å². The van der Waals surface area contributed by atoms with Gasteiger partial charge < -0.3 is 15.0 Å². The van der Waals surface area contributed by atoms with Crippen LogP contribution in [0.15, 0.2) is 22.7 Å². The molecule has 0 heterocycles. The second-order valence-electron chi connectivity index (χ2n) is 4.90. The van der Waals surface area contributed by atoms with Crippen molar-refractivity contribution in [2.45, 2.75) is 32.9 Å². The topological polar surface area (TPSA) is 41.6 Å². The average Bonchev–Trinajstić information content (AvgIpc) is 2.44. The summed E-state index contributed by atoms with van der Waals surface area (Å²) in [6.45, 7) is 5.06. The predicted molar refractivity (Wildman–Crippen MR) is 84.9 cm³/mol. The standard InChI is InChI=1S/C15H23BrN2O2/c1-5-11(2)17-9-15(19)18(3)10-12-8-13(16)6-7-14(12)20-4/h6-8,11,17H,5,9-10H2,1-4H3. The lowest BCUT2D eigenvalue weighted by Crippen LogP contribution is -2.38. The van der Waals surface area contributed by atoms with E-state index in [1.54, 1.807) is 19.1 Å². The molecule has 112 valence electrons. The Hall–Kier alpha value is -1.07. The van der Waals surface area contributed by atoms with Gasteiger partial charge in [-0.1, -0.05) is 22.9 Å². The van der Waals surface area contributed by atoms with Crippen LogP contribution in [-0.4, -0.2) is 37.6 Å². The van der Waals surface area contributed by atoms with Gasteiger partial charge >= 0.3 is 0 Å². The number of hydrogen-bond donors (Lipinski definition) is 1. The molecule has 0 radical (unpaired) electrons. The molecule has 1 N–H and O–H groups in total. The molecule has 1 unspecified atom stereocenters. The Labute approximate surface area is 129 Å². The number of ether oxygens (including phenoxy) is 1. The fourth-order valence-corrected chi connectivity index (χ4v) is 2.16. The molecule has 1 amide bonds. The molecule has 0 aliphatic heterocycles. The molecule has 0 aliphatic rings. The van der Waals surface area contributed by atoms with E-state index in [1.807, 2.05) is 18.2 Å². The Morgan fingerprint density at radius 3 is 2.80 bits per heavy atom. The average molecular weight is 343 g/mol. The number of hydrogen-bond acceptors (Lipinski definition) is 3. The Balaban J connectivity index is 2.63. The normalized spacial score (nSPS) is 12.1. The minimum absolute atomic E-state index is 0.0762. The van der Waals surface area contributed by atoms with Crippen molar-refractivity contribution in [2.75, 3.05) is 20.7 Å². The van der Waals surface area contributed by atoms with Gasteiger partial charge in [0.2, 0.25) is 5.91 Å². The summed E-state index contributed by atoms with van der Waals surface area (Å²) >= 11 is 3.44. The van der Waals surface area contributed by atoms with E-state index < -0.39 is 0 Å². The third-order valence-corrected chi connectivity index (χ3v) is 3.78. The molecule has 0 aromatic heterocycles. The first-order chi connectivity index (χ1) is 9.47. The van der Waals surface area contributed by atoms with Crippen LogP contribution in [0.1, 0.15) is 25.8 Å². The van der Waals surface area contributed by atoms with Crippen molar-refractivity contribution in [3.8, 4) is 5.75 Å². The summed E-state index contributed by atoms with van der Waals surface area (Å²) in [5.41, 5.74) is 0.987. The molecule has 1 atom stereocenters. The van der Waals surface area contributed by atoms with E-state index >= 15 is 0 Å². The number of carbonyl (C=O) groups excluding carboxylic acids is 1. The van der Waals surface area contributed by atoms with Crippen LogP contribution < -0.4 is 10.1 Å². The van der Waals surface area contributed by atoms with Crippen molar-refractivity contribution >= 4 is 21.8 Å². The zero-order valence-corrected chi connectivity index (χ0v) is 14.2. The fourth-order valence-electron chi connectivity index (χ4n) is 1.76. The molecule has 0 bridgehead atoms. The van der Waals surface area contributed by atoms with Gasteiger partial charge in [0.15, 0.2) is 0 Å². The molecule has 4 nitrogen and oxygen atoms in total. The van der Waals surface area contributed by atoms with Gasteiger partial charge in [-0.25, -0.2) is 0 Å². The van der Waals surface area contributed by atoms with E-state index in [1.165, 1.54) is 0 Å². The summed E-state index contributed by atoms with van der Waals surface area (Å²) in [5, 5.41) is 3.21. The quantitative estimate of drug-likeness (QED) is 0.828. The van der Waals surface area contributed by atoms with Crippen molar-refractivity contribution in [2.24, 2.45) is 0 Å². The van der Waals surface area contributed by atoms with Crippen molar-refractivity contribution in [3.63, 3.8) is 0 Å². The van der Waals surface area contributed by atoms with Gasteiger partial charge in [0.05, 0.1) is 13.7 Å². The lowest BCUT2D eigenvalue weighted by atomic mass is 10.2. The molecule has 5 heteroatoms. The number of halogens is 1. The van der Waals surface area contributed by atoms with E-state index in [-0.39, 0.29) is 5.91 Å². The summed E-state index contributed by atoms with van der Waals surface area (Å²) in [4.78, 5) is 13.8. The monoisotopic (exact) mass is 342 g/mol. The second kappa shape index (κ2) is 8.27. The Kier molecular flexibility index (Phi) is 7.02. The molecular formula is C15H23BrN2O2. The molecule has 0 aliphatic carbocycles. The van der Waals surface area contributed by atoms with Gasteiger partial charge in [-0.05, 0) is 31.5 Å². The van der Waals surface area contributed by atoms with Gasteiger partial charge in [0, 0.05) is 29.7 Å². The lowest BCUT2D eigenvalue weighted by molar-refractivity contribution is -0.129. The van der Waals surface area contributed by atoms with Gasteiger partial charge in [0.1, 0.15) is 5.75 Å². The number of amides is 1. The van der Waals surface area contributed by atoms with Crippen LogP contribution in [0, 0.1) is 0 Å². The van der Waals surface area contributed by atoms with Crippen molar-refractivity contribution < 1.29 is 9.53 Å². The van der Waals surface area contributed by atoms with Gasteiger partial charge in [-0.15, -0.1) is 0 Å². The molecule has 1 aromatic rings. The van der Waals surface area contributed by atoms with Gasteiger partial charge in [0.25, 0.3) is 0 Å². The molecule has 0 spiro atoms. The molecule has 20 heavy (non-hydrogen) atoms. The molecule has 1 rings (SSSR count). The van der Waals surface area contributed by atoms with Crippen LogP contribution in [0.2, 0.25) is 0 Å². The molecular weight excluding hydrogens is 320 g/mol. The van der Waals surface area contributed by atoms with Crippen LogP contribution >= 0.6 is 15.9 Å². The SMILES string of the molecule is CCC(C)NCC(=O)N(C)Cc1cc(Br)ccc1OC. The maximum Gasteiger partial charge on any atom is 0.236 e. The molecule has 0 saturated carbocycles. The van der Waals surface area contributed by atoms with E-state index in [2.05, 4.69) is 35.1 Å². The van der Waals surface area contributed by atoms with E-state index in [0.29, 0.717) is 19.1 Å². The van der Waals surface area contributed by atoms with Crippen LogP contribution in [-0.2, 0) is 11.3 Å². The molecule has 0 saturated heterocycles. The Bertz CT molecular complexity index is 451. The highest BCUT2D eigenvalue weighted by Gasteiger charge is 2.13. The number of nitrogens with zero attached hydrogens (tertiary/aromatic N) is 1. The smallest absolute Gasteiger partial charge is 0.236 e. The highest BCUT2D eigenvalue weighted by molar-refractivity contribution is 9.10. The van der Waals surface area contributed by atoms with Crippen LogP contribution in [0.3, 0.4) is 0 Å². The zero-order chi connectivity index (χ0) is 15.1. The first kappa shape index (κ1) is 17.0. The Morgan fingerprint density at radius 2 is 2.20 bits per heavy atom. The number of carbonyl (C=O) groups is 1. The van der Waals surface area contributed by atoms with Gasteiger partial charge in [-0.2, -0.15) is 0 Å². The number of nitrogens with one attached hydrogen (secondary N) is 1. The highest BCUT2D eigenvalue weighted by Crippen LogP contribution is 2.24. The summed E-state index contributed by atoms with van der Waals surface area (Å²) < 4.78 is 6.30. The minimum atomic E-state index is 0.0762. The molecule has 0 fully saturated rings. The third kappa shape index (κ3) is 5.13. The highest BCUT2D eigenvalue weighted by atomic mass is 79.9.